The third kappa shape index (κ3) is 4.94. The number of rotatable bonds is 7. The van der Waals surface area contributed by atoms with E-state index in [1.54, 1.807) is 18.3 Å². The van der Waals surface area contributed by atoms with Gasteiger partial charge in [-0.1, -0.05) is 36.4 Å². The van der Waals surface area contributed by atoms with Gasteiger partial charge in [-0.05, 0) is 58.7 Å². The lowest BCUT2D eigenvalue weighted by Gasteiger charge is -2.13. The summed E-state index contributed by atoms with van der Waals surface area (Å²) in [6, 6.07) is 19.1. The number of nitrogens with zero attached hydrogens (tertiary/aromatic N) is 2. The highest BCUT2D eigenvalue weighted by Gasteiger charge is 2.17. The fourth-order valence-electron chi connectivity index (χ4n) is 4.12. The molecule has 0 aliphatic heterocycles. The van der Waals surface area contributed by atoms with E-state index in [9.17, 15) is 13.6 Å². The van der Waals surface area contributed by atoms with Gasteiger partial charge in [0.05, 0.1) is 11.3 Å². The quantitative estimate of drug-likeness (QED) is 0.387. The van der Waals surface area contributed by atoms with Crippen molar-refractivity contribution in [1.29, 1.82) is 0 Å². The highest BCUT2D eigenvalue weighted by Crippen LogP contribution is 2.31. The molecule has 174 valence electrons. The molecular weight excluding hydrogens is 446 g/mol. The Labute approximate surface area is 201 Å². The van der Waals surface area contributed by atoms with Gasteiger partial charge in [-0.25, -0.2) is 13.8 Å². The molecule has 1 amide bonds. The van der Waals surface area contributed by atoms with Gasteiger partial charge in [0, 0.05) is 37.5 Å². The Bertz CT molecular complexity index is 1430. The van der Waals surface area contributed by atoms with Crippen LogP contribution in [0.15, 0.2) is 85.2 Å². The lowest BCUT2D eigenvalue weighted by atomic mass is 9.99. The van der Waals surface area contributed by atoms with Gasteiger partial charge in [0.2, 0.25) is 0 Å². The molecule has 2 heterocycles. The zero-order chi connectivity index (χ0) is 24.2. The second-order valence-electron chi connectivity index (χ2n) is 8.20. The second kappa shape index (κ2) is 9.85. The van der Waals surface area contributed by atoms with Crippen molar-refractivity contribution in [2.24, 2.45) is 0 Å². The average molecular weight is 469 g/mol. The van der Waals surface area contributed by atoms with E-state index in [1.807, 2.05) is 24.4 Å². The third-order valence-electron chi connectivity index (χ3n) is 5.87. The van der Waals surface area contributed by atoms with Crippen LogP contribution in [-0.2, 0) is 19.5 Å². The molecule has 1 aliphatic carbocycles. The highest BCUT2D eigenvalue weighted by atomic mass is 19.2. The predicted molar refractivity (Wildman–Crippen MR) is 131 cm³/mol. The number of nitrogens with one attached hydrogen (secondary N) is 2. The fraction of sp³-hybridized carbons (Fsp3) is 0.107. The summed E-state index contributed by atoms with van der Waals surface area (Å²) >= 11 is 0. The van der Waals surface area contributed by atoms with Crippen LogP contribution < -0.4 is 10.6 Å². The molecule has 0 saturated heterocycles. The number of aromatic nitrogens is 2. The number of allylic oxidation sites excluding steroid dienone is 1. The minimum atomic E-state index is -0.948. The number of carbonyl (C=O) groups excluding carboxylic acids is 1. The molecule has 7 heteroatoms. The SMILES string of the molecule is O=C(NCc1ccc(F)c(F)c1)c1cccnc1NCc1cccc(C2=CCc3ncccc32)c1. The highest BCUT2D eigenvalue weighted by molar-refractivity contribution is 5.98. The second-order valence-corrected chi connectivity index (χ2v) is 8.20. The van der Waals surface area contributed by atoms with E-state index in [-0.39, 0.29) is 12.5 Å². The van der Waals surface area contributed by atoms with Crippen molar-refractivity contribution in [2.75, 3.05) is 5.32 Å². The van der Waals surface area contributed by atoms with Gasteiger partial charge in [-0.15, -0.1) is 0 Å². The monoisotopic (exact) mass is 468 g/mol. The molecule has 0 fully saturated rings. The van der Waals surface area contributed by atoms with Crippen LogP contribution in [0, 0.1) is 11.6 Å². The Morgan fingerprint density at radius 3 is 2.57 bits per heavy atom. The summed E-state index contributed by atoms with van der Waals surface area (Å²) in [6.45, 7) is 0.541. The Hall–Kier alpha value is -4.39. The van der Waals surface area contributed by atoms with Crippen LogP contribution in [0.4, 0.5) is 14.6 Å². The zero-order valence-electron chi connectivity index (χ0n) is 18.8. The Balaban J connectivity index is 1.27. The van der Waals surface area contributed by atoms with Crippen molar-refractivity contribution in [3.05, 3.63) is 130 Å². The largest absolute Gasteiger partial charge is 0.365 e. The molecule has 5 rings (SSSR count). The van der Waals surface area contributed by atoms with Crippen LogP contribution in [0.3, 0.4) is 0 Å². The van der Waals surface area contributed by atoms with Crippen molar-refractivity contribution in [2.45, 2.75) is 19.5 Å². The van der Waals surface area contributed by atoms with Crippen LogP contribution in [0.1, 0.15) is 38.3 Å². The van der Waals surface area contributed by atoms with Crippen molar-refractivity contribution in [3.63, 3.8) is 0 Å². The summed E-state index contributed by atoms with van der Waals surface area (Å²) in [5.74, 6) is -1.79. The predicted octanol–water partition coefficient (Wildman–Crippen LogP) is 5.28. The maximum atomic E-state index is 13.4. The van der Waals surface area contributed by atoms with E-state index >= 15 is 0 Å². The van der Waals surface area contributed by atoms with Gasteiger partial charge in [-0.3, -0.25) is 9.78 Å². The summed E-state index contributed by atoms with van der Waals surface area (Å²) in [5.41, 5.74) is 6.39. The molecule has 2 aromatic heterocycles. The molecule has 0 saturated carbocycles. The first-order valence-corrected chi connectivity index (χ1v) is 11.2. The summed E-state index contributed by atoms with van der Waals surface area (Å²) in [4.78, 5) is 21.6. The van der Waals surface area contributed by atoms with E-state index in [2.05, 4.69) is 44.9 Å². The number of hydrogen-bond donors (Lipinski definition) is 2. The minimum Gasteiger partial charge on any atom is -0.365 e. The van der Waals surface area contributed by atoms with E-state index in [4.69, 9.17) is 0 Å². The first kappa shape index (κ1) is 22.4. The number of fused-ring (bicyclic) bond motifs is 1. The molecule has 4 aromatic rings. The maximum absolute atomic E-state index is 13.4. The number of benzene rings is 2. The number of pyridine rings is 2. The number of anilines is 1. The Morgan fingerprint density at radius 1 is 0.857 bits per heavy atom. The Kier molecular flexibility index (Phi) is 6.30. The summed E-state index contributed by atoms with van der Waals surface area (Å²) in [6.07, 6.45) is 6.44. The summed E-state index contributed by atoms with van der Waals surface area (Å²) in [7, 11) is 0. The van der Waals surface area contributed by atoms with E-state index in [1.165, 1.54) is 11.6 Å². The molecule has 35 heavy (non-hydrogen) atoms. The molecule has 0 bridgehead atoms. The standard InChI is InChI=1S/C28H22F2N4O/c29-24-10-8-19(15-25(24)30)17-34-28(35)23-7-3-13-32-27(23)33-16-18-4-1-5-20(14-18)21-9-11-26-22(21)6-2-12-31-26/h1-10,12-15H,11,16-17H2,(H,32,33)(H,34,35). The summed E-state index contributed by atoms with van der Waals surface area (Å²) in [5, 5.41) is 5.98. The van der Waals surface area contributed by atoms with Gasteiger partial charge in [0.25, 0.3) is 5.91 Å². The van der Waals surface area contributed by atoms with Crippen LogP contribution in [-0.4, -0.2) is 15.9 Å². The van der Waals surface area contributed by atoms with Crippen LogP contribution in [0.2, 0.25) is 0 Å². The fourth-order valence-corrected chi connectivity index (χ4v) is 4.12. The zero-order valence-corrected chi connectivity index (χ0v) is 18.8. The molecule has 2 aromatic carbocycles. The topological polar surface area (TPSA) is 66.9 Å². The van der Waals surface area contributed by atoms with Crippen molar-refractivity contribution < 1.29 is 13.6 Å². The van der Waals surface area contributed by atoms with E-state index < -0.39 is 11.6 Å². The maximum Gasteiger partial charge on any atom is 0.255 e. The normalized spacial score (nSPS) is 12.1. The number of halogens is 2. The van der Waals surface area contributed by atoms with E-state index in [0.29, 0.717) is 23.5 Å². The van der Waals surface area contributed by atoms with Crippen molar-refractivity contribution in [3.8, 4) is 0 Å². The minimum absolute atomic E-state index is 0.0673. The molecule has 1 aliphatic rings. The number of carbonyl (C=O) groups is 1. The van der Waals surface area contributed by atoms with Crippen LogP contribution in [0.25, 0.3) is 5.57 Å². The van der Waals surface area contributed by atoms with E-state index in [0.717, 1.165) is 40.9 Å². The van der Waals surface area contributed by atoms with Gasteiger partial charge < -0.3 is 10.6 Å². The average Bonchev–Trinajstić information content (AvgIpc) is 3.33. The van der Waals surface area contributed by atoms with Crippen LogP contribution in [0.5, 0.6) is 0 Å². The Morgan fingerprint density at radius 2 is 1.69 bits per heavy atom. The molecule has 0 spiro atoms. The molecule has 5 nitrogen and oxygen atoms in total. The molecule has 2 N–H and O–H groups in total. The number of hydrogen-bond acceptors (Lipinski definition) is 4. The molecular formula is C28H22F2N4O. The van der Waals surface area contributed by atoms with Gasteiger partial charge in [-0.2, -0.15) is 0 Å². The first-order valence-electron chi connectivity index (χ1n) is 11.2. The van der Waals surface area contributed by atoms with Crippen molar-refractivity contribution in [1.82, 2.24) is 15.3 Å². The van der Waals surface area contributed by atoms with Crippen LogP contribution >= 0.6 is 0 Å². The summed E-state index contributed by atoms with van der Waals surface area (Å²) < 4.78 is 26.6. The molecule has 0 atom stereocenters. The third-order valence-corrected chi connectivity index (χ3v) is 5.87. The lowest BCUT2D eigenvalue weighted by molar-refractivity contribution is 0.0951. The first-order chi connectivity index (χ1) is 17.1. The molecule has 0 radical (unpaired) electrons. The van der Waals surface area contributed by atoms with Gasteiger partial charge >= 0.3 is 0 Å². The van der Waals surface area contributed by atoms with Crippen molar-refractivity contribution >= 4 is 17.3 Å². The van der Waals surface area contributed by atoms with Gasteiger partial charge in [0.1, 0.15) is 5.82 Å². The lowest BCUT2D eigenvalue weighted by Crippen LogP contribution is -2.24. The van der Waals surface area contributed by atoms with Gasteiger partial charge in [0.15, 0.2) is 11.6 Å². The molecule has 0 unspecified atom stereocenters. The number of amides is 1. The smallest absolute Gasteiger partial charge is 0.255 e.